The van der Waals surface area contributed by atoms with Gasteiger partial charge in [-0.1, -0.05) is 0 Å². The molecule has 80 valence electrons. The Morgan fingerprint density at radius 1 is 1.31 bits per heavy atom. The van der Waals surface area contributed by atoms with Gasteiger partial charge in [-0.25, -0.2) is 15.0 Å². The van der Waals surface area contributed by atoms with Gasteiger partial charge in [-0.2, -0.15) is 4.98 Å². The standard InChI is InChI=1S/C8H6N6OS/c9-7-13-5-4(11-3-12-5)6(14-7)16-8-10-1-2-15-8/h1-3H,(H3,9,11,12,13,14). The van der Waals surface area contributed by atoms with Gasteiger partial charge in [0, 0.05) is 0 Å². The Hall–Kier alpha value is -2.09. The van der Waals surface area contributed by atoms with Crippen molar-refractivity contribution in [2.75, 3.05) is 5.73 Å². The highest BCUT2D eigenvalue weighted by molar-refractivity contribution is 7.99. The minimum atomic E-state index is 0.175. The first-order chi connectivity index (χ1) is 7.83. The molecule has 0 fully saturated rings. The lowest BCUT2D eigenvalue weighted by molar-refractivity contribution is 0.454. The molecule has 0 aliphatic heterocycles. The summed E-state index contributed by atoms with van der Waals surface area (Å²) in [5.41, 5.74) is 6.82. The minimum absolute atomic E-state index is 0.175. The molecule has 3 rings (SSSR count). The second kappa shape index (κ2) is 3.49. The first-order valence-electron chi connectivity index (χ1n) is 4.37. The maximum atomic E-state index is 5.57. The lowest BCUT2D eigenvalue weighted by atomic mass is 10.5. The van der Waals surface area contributed by atoms with Gasteiger partial charge < -0.3 is 15.1 Å². The first-order valence-corrected chi connectivity index (χ1v) is 5.18. The van der Waals surface area contributed by atoms with Crippen LogP contribution in [0.25, 0.3) is 11.2 Å². The third-order valence-corrected chi connectivity index (χ3v) is 2.73. The Labute approximate surface area is 93.5 Å². The predicted molar refractivity (Wildman–Crippen MR) is 56.7 cm³/mol. The van der Waals surface area contributed by atoms with E-state index < -0.39 is 0 Å². The molecule has 0 saturated heterocycles. The molecule has 0 saturated carbocycles. The number of fused-ring (bicyclic) bond motifs is 1. The monoisotopic (exact) mass is 234 g/mol. The maximum absolute atomic E-state index is 5.57. The van der Waals surface area contributed by atoms with E-state index in [9.17, 15) is 0 Å². The zero-order valence-corrected chi connectivity index (χ0v) is 8.73. The molecular weight excluding hydrogens is 228 g/mol. The van der Waals surface area contributed by atoms with Crippen LogP contribution in [0, 0.1) is 0 Å². The van der Waals surface area contributed by atoms with Crippen molar-refractivity contribution < 1.29 is 4.42 Å². The molecule has 0 amide bonds. The summed E-state index contributed by atoms with van der Waals surface area (Å²) in [6.45, 7) is 0. The summed E-state index contributed by atoms with van der Waals surface area (Å²) in [7, 11) is 0. The molecule has 0 unspecified atom stereocenters. The van der Waals surface area contributed by atoms with Crippen LogP contribution in [0.3, 0.4) is 0 Å². The number of nitrogen functional groups attached to an aromatic ring is 1. The number of imidazole rings is 1. The van der Waals surface area contributed by atoms with Crippen LogP contribution >= 0.6 is 11.8 Å². The topological polar surface area (TPSA) is 107 Å². The van der Waals surface area contributed by atoms with Crippen molar-refractivity contribution in [2.45, 2.75) is 10.2 Å². The van der Waals surface area contributed by atoms with Gasteiger partial charge in [0.2, 0.25) is 5.95 Å². The third-order valence-electron chi connectivity index (χ3n) is 1.86. The van der Waals surface area contributed by atoms with Crippen molar-refractivity contribution in [2.24, 2.45) is 0 Å². The third kappa shape index (κ3) is 1.48. The molecule has 8 heteroatoms. The van der Waals surface area contributed by atoms with Crippen LogP contribution in [-0.2, 0) is 0 Å². The molecule has 0 spiro atoms. The van der Waals surface area contributed by atoms with Crippen molar-refractivity contribution in [1.82, 2.24) is 24.9 Å². The molecule has 0 aromatic carbocycles. The fourth-order valence-corrected chi connectivity index (χ4v) is 2.01. The van der Waals surface area contributed by atoms with Gasteiger partial charge in [0.25, 0.3) is 5.22 Å². The Morgan fingerprint density at radius 2 is 2.25 bits per heavy atom. The molecule has 16 heavy (non-hydrogen) atoms. The number of nitrogens with two attached hydrogens (primary N) is 1. The highest BCUT2D eigenvalue weighted by atomic mass is 32.2. The van der Waals surface area contributed by atoms with Crippen LogP contribution in [-0.4, -0.2) is 24.9 Å². The van der Waals surface area contributed by atoms with Crippen LogP contribution in [0.1, 0.15) is 0 Å². The number of anilines is 1. The number of hydrogen-bond acceptors (Lipinski definition) is 7. The summed E-state index contributed by atoms with van der Waals surface area (Å²) in [5.74, 6) is 0.175. The molecule has 3 N–H and O–H groups in total. The van der Waals surface area contributed by atoms with Gasteiger partial charge in [-0.05, 0) is 11.8 Å². The summed E-state index contributed by atoms with van der Waals surface area (Å²) < 4.78 is 5.12. The second-order valence-electron chi connectivity index (χ2n) is 2.89. The molecule has 7 nitrogen and oxygen atoms in total. The summed E-state index contributed by atoms with van der Waals surface area (Å²) in [6, 6.07) is 0. The fourth-order valence-electron chi connectivity index (χ4n) is 1.24. The van der Waals surface area contributed by atoms with Crippen LogP contribution in [0.5, 0.6) is 0 Å². The van der Waals surface area contributed by atoms with Gasteiger partial charge in [0.05, 0.1) is 12.5 Å². The second-order valence-corrected chi connectivity index (χ2v) is 3.83. The Balaban J connectivity index is 2.11. The molecule has 0 bridgehead atoms. The molecule has 0 aliphatic rings. The number of rotatable bonds is 2. The number of aromatic nitrogens is 5. The molecule has 3 heterocycles. The Kier molecular flexibility index (Phi) is 2.00. The van der Waals surface area contributed by atoms with Crippen molar-refractivity contribution in [3.05, 3.63) is 18.8 Å². The van der Waals surface area contributed by atoms with Gasteiger partial charge in [-0.15, -0.1) is 0 Å². The minimum Gasteiger partial charge on any atom is -0.440 e. The zero-order chi connectivity index (χ0) is 11.0. The van der Waals surface area contributed by atoms with Crippen molar-refractivity contribution in [1.29, 1.82) is 0 Å². The highest BCUT2D eigenvalue weighted by Gasteiger charge is 2.11. The first kappa shape index (κ1) is 9.16. The van der Waals surface area contributed by atoms with Crippen LogP contribution in [0.2, 0.25) is 0 Å². The van der Waals surface area contributed by atoms with E-state index in [1.807, 2.05) is 0 Å². The number of nitrogens with one attached hydrogen (secondary N) is 1. The smallest absolute Gasteiger partial charge is 0.262 e. The quantitative estimate of drug-likeness (QED) is 0.638. The number of oxazole rings is 1. The summed E-state index contributed by atoms with van der Waals surface area (Å²) in [5, 5.41) is 1.14. The van der Waals surface area contributed by atoms with E-state index in [1.54, 1.807) is 12.5 Å². The Morgan fingerprint density at radius 3 is 3.06 bits per heavy atom. The molecule has 3 aromatic heterocycles. The van der Waals surface area contributed by atoms with Crippen molar-refractivity contribution in [3.8, 4) is 0 Å². The highest BCUT2D eigenvalue weighted by Crippen LogP contribution is 2.29. The average Bonchev–Trinajstić information content (AvgIpc) is 2.87. The van der Waals surface area contributed by atoms with E-state index >= 15 is 0 Å². The van der Waals surface area contributed by atoms with E-state index in [4.69, 9.17) is 10.2 Å². The summed E-state index contributed by atoms with van der Waals surface area (Å²) in [6.07, 6.45) is 4.60. The van der Waals surface area contributed by atoms with E-state index in [0.29, 0.717) is 15.9 Å². The van der Waals surface area contributed by atoms with Crippen molar-refractivity contribution in [3.63, 3.8) is 0 Å². The van der Waals surface area contributed by atoms with Crippen LogP contribution in [0.4, 0.5) is 5.95 Å². The van der Waals surface area contributed by atoms with E-state index in [-0.39, 0.29) is 5.95 Å². The largest absolute Gasteiger partial charge is 0.440 e. The zero-order valence-electron chi connectivity index (χ0n) is 7.91. The molecule has 3 aromatic rings. The van der Waals surface area contributed by atoms with Crippen LogP contribution < -0.4 is 5.73 Å². The van der Waals surface area contributed by atoms with E-state index in [2.05, 4.69) is 24.9 Å². The normalized spacial score (nSPS) is 11.0. The lowest BCUT2D eigenvalue weighted by Gasteiger charge is -1.98. The molecule has 0 aliphatic carbocycles. The SMILES string of the molecule is Nc1nc(Sc2ncco2)c2[nH]cnc2n1. The molecular formula is C8H6N6OS. The van der Waals surface area contributed by atoms with Gasteiger partial charge in [0.15, 0.2) is 5.65 Å². The Bertz CT molecular complexity index is 619. The maximum Gasteiger partial charge on any atom is 0.262 e. The summed E-state index contributed by atoms with van der Waals surface area (Å²) in [4.78, 5) is 19.0. The summed E-state index contributed by atoms with van der Waals surface area (Å²) >= 11 is 1.26. The lowest BCUT2D eigenvalue weighted by Crippen LogP contribution is -1.96. The number of H-pyrrole nitrogens is 1. The predicted octanol–water partition coefficient (Wildman–Crippen LogP) is 1.07. The number of nitrogens with zero attached hydrogens (tertiary/aromatic N) is 4. The van der Waals surface area contributed by atoms with Crippen LogP contribution in [0.15, 0.2) is 33.5 Å². The van der Waals surface area contributed by atoms with Gasteiger partial charge in [0.1, 0.15) is 16.8 Å². The van der Waals surface area contributed by atoms with E-state index in [0.717, 1.165) is 5.52 Å². The number of hydrogen-bond donors (Lipinski definition) is 2. The molecule has 0 atom stereocenters. The van der Waals surface area contributed by atoms with Gasteiger partial charge >= 0.3 is 0 Å². The van der Waals surface area contributed by atoms with E-state index in [1.165, 1.54) is 18.0 Å². The number of aromatic amines is 1. The fraction of sp³-hybridized carbons (Fsp3) is 0. The van der Waals surface area contributed by atoms with Gasteiger partial charge in [-0.3, -0.25) is 0 Å². The van der Waals surface area contributed by atoms with Crippen molar-refractivity contribution >= 4 is 28.9 Å². The molecule has 0 radical (unpaired) electrons. The average molecular weight is 234 g/mol.